The van der Waals surface area contributed by atoms with E-state index >= 15 is 0 Å². The standard InChI is InChI=1S/C12H19F3N4/c1-8(4-5-19(2)3)18-10-6-11(12(13,14)15)17-7-9(10)16/h6-8H,4-5,16H2,1-3H3,(H,17,18). The van der Waals surface area contributed by atoms with Crippen LogP contribution in [-0.2, 0) is 6.18 Å². The molecule has 0 aliphatic heterocycles. The van der Waals surface area contributed by atoms with Crippen molar-refractivity contribution in [2.24, 2.45) is 0 Å². The van der Waals surface area contributed by atoms with E-state index in [1.807, 2.05) is 25.9 Å². The molecule has 0 amide bonds. The third-order valence-electron chi connectivity index (χ3n) is 2.64. The molecule has 1 heterocycles. The van der Waals surface area contributed by atoms with Crippen LogP contribution in [0.5, 0.6) is 0 Å². The van der Waals surface area contributed by atoms with E-state index in [2.05, 4.69) is 10.3 Å². The van der Waals surface area contributed by atoms with Gasteiger partial charge in [0.05, 0.1) is 17.6 Å². The van der Waals surface area contributed by atoms with Crippen molar-refractivity contribution in [3.63, 3.8) is 0 Å². The first-order chi connectivity index (χ1) is 8.70. The minimum atomic E-state index is -4.46. The van der Waals surface area contributed by atoms with Gasteiger partial charge in [0.15, 0.2) is 0 Å². The highest BCUT2D eigenvalue weighted by atomic mass is 19.4. The van der Waals surface area contributed by atoms with Crippen LogP contribution in [0.3, 0.4) is 0 Å². The van der Waals surface area contributed by atoms with E-state index in [1.165, 1.54) is 0 Å². The molecule has 0 spiro atoms. The number of hydrogen-bond donors (Lipinski definition) is 2. The van der Waals surface area contributed by atoms with Crippen LogP contribution in [0.4, 0.5) is 24.5 Å². The zero-order valence-corrected chi connectivity index (χ0v) is 11.3. The molecule has 0 aliphatic rings. The first-order valence-electron chi connectivity index (χ1n) is 5.94. The van der Waals surface area contributed by atoms with E-state index in [0.717, 1.165) is 25.2 Å². The Morgan fingerprint density at radius 3 is 2.58 bits per heavy atom. The average molecular weight is 276 g/mol. The monoisotopic (exact) mass is 276 g/mol. The summed E-state index contributed by atoms with van der Waals surface area (Å²) in [5, 5.41) is 2.99. The minimum Gasteiger partial charge on any atom is -0.396 e. The topological polar surface area (TPSA) is 54.2 Å². The Kier molecular flexibility index (Phi) is 4.99. The quantitative estimate of drug-likeness (QED) is 0.867. The highest BCUT2D eigenvalue weighted by Gasteiger charge is 2.33. The number of pyridine rings is 1. The third-order valence-corrected chi connectivity index (χ3v) is 2.64. The molecule has 0 fully saturated rings. The Balaban J connectivity index is 2.77. The fourth-order valence-electron chi connectivity index (χ4n) is 1.54. The zero-order valence-electron chi connectivity index (χ0n) is 11.3. The van der Waals surface area contributed by atoms with Gasteiger partial charge in [0.2, 0.25) is 0 Å². The predicted octanol–water partition coefficient (Wildman–Crippen LogP) is 2.43. The van der Waals surface area contributed by atoms with Gasteiger partial charge in [-0.2, -0.15) is 13.2 Å². The number of aromatic nitrogens is 1. The number of nitrogens with two attached hydrogens (primary N) is 1. The second-order valence-electron chi connectivity index (χ2n) is 4.79. The van der Waals surface area contributed by atoms with E-state index in [1.54, 1.807) is 0 Å². The summed E-state index contributed by atoms with van der Waals surface area (Å²) in [5.74, 6) is 0. The molecule has 108 valence electrons. The van der Waals surface area contributed by atoms with Gasteiger partial charge >= 0.3 is 6.18 Å². The number of anilines is 2. The highest BCUT2D eigenvalue weighted by Crippen LogP contribution is 2.31. The van der Waals surface area contributed by atoms with Crippen LogP contribution >= 0.6 is 0 Å². The fraction of sp³-hybridized carbons (Fsp3) is 0.583. The van der Waals surface area contributed by atoms with Crippen LogP contribution in [0.2, 0.25) is 0 Å². The SMILES string of the molecule is CC(CCN(C)C)Nc1cc(C(F)(F)F)ncc1N. The summed E-state index contributed by atoms with van der Waals surface area (Å²) in [5.41, 5.74) is 5.18. The largest absolute Gasteiger partial charge is 0.433 e. The van der Waals surface area contributed by atoms with Gasteiger partial charge in [-0.25, -0.2) is 4.98 Å². The lowest BCUT2D eigenvalue weighted by Crippen LogP contribution is -2.23. The van der Waals surface area contributed by atoms with E-state index in [4.69, 9.17) is 5.73 Å². The number of alkyl halides is 3. The zero-order chi connectivity index (χ0) is 14.6. The van der Waals surface area contributed by atoms with Crippen LogP contribution in [0.15, 0.2) is 12.3 Å². The molecule has 1 aromatic heterocycles. The van der Waals surface area contributed by atoms with Crippen molar-refractivity contribution in [2.45, 2.75) is 25.6 Å². The summed E-state index contributed by atoms with van der Waals surface area (Å²) in [6.07, 6.45) is -2.63. The van der Waals surface area contributed by atoms with E-state index in [-0.39, 0.29) is 17.4 Å². The van der Waals surface area contributed by atoms with Crippen molar-refractivity contribution in [1.82, 2.24) is 9.88 Å². The van der Waals surface area contributed by atoms with Crippen LogP contribution in [-0.4, -0.2) is 36.6 Å². The van der Waals surface area contributed by atoms with Crippen molar-refractivity contribution in [1.29, 1.82) is 0 Å². The van der Waals surface area contributed by atoms with Crippen LogP contribution in [0.1, 0.15) is 19.0 Å². The molecule has 19 heavy (non-hydrogen) atoms. The Morgan fingerprint density at radius 2 is 2.05 bits per heavy atom. The minimum absolute atomic E-state index is 0.0215. The number of halogens is 3. The van der Waals surface area contributed by atoms with Gasteiger partial charge in [-0.1, -0.05) is 0 Å². The van der Waals surface area contributed by atoms with Gasteiger partial charge in [-0.05, 0) is 40.1 Å². The van der Waals surface area contributed by atoms with Crippen molar-refractivity contribution < 1.29 is 13.2 Å². The number of nitrogens with zero attached hydrogens (tertiary/aromatic N) is 2. The number of rotatable bonds is 5. The number of hydrogen-bond acceptors (Lipinski definition) is 4. The lowest BCUT2D eigenvalue weighted by Gasteiger charge is -2.19. The van der Waals surface area contributed by atoms with E-state index in [9.17, 15) is 13.2 Å². The van der Waals surface area contributed by atoms with Crippen LogP contribution < -0.4 is 11.1 Å². The first-order valence-corrected chi connectivity index (χ1v) is 5.94. The molecule has 0 saturated carbocycles. The van der Waals surface area contributed by atoms with Crippen molar-refractivity contribution in [2.75, 3.05) is 31.7 Å². The van der Waals surface area contributed by atoms with Crippen LogP contribution in [0, 0.1) is 0 Å². The molecule has 0 aliphatic carbocycles. The molecule has 1 aromatic rings. The molecular weight excluding hydrogens is 257 g/mol. The Morgan fingerprint density at radius 1 is 1.42 bits per heavy atom. The molecular formula is C12H19F3N4. The summed E-state index contributed by atoms with van der Waals surface area (Å²) >= 11 is 0. The Labute approximate surface area is 110 Å². The van der Waals surface area contributed by atoms with Crippen molar-refractivity contribution in [3.05, 3.63) is 18.0 Å². The molecule has 7 heteroatoms. The molecule has 1 atom stereocenters. The van der Waals surface area contributed by atoms with Gasteiger partial charge in [-0.15, -0.1) is 0 Å². The lowest BCUT2D eigenvalue weighted by molar-refractivity contribution is -0.141. The lowest BCUT2D eigenvalue weighted by atomic mass is 10.2. The van der Waals surface area contributed by atoms with Gasteiger partial charge in [-0.3, -0.25) is 0 Å². The average Bonchev–Trinajstić information content (AvgIpc) is 2.28. The molecule has 0 aromatic carbocycles. The van der Waals surface area contributed by atoms with Crippen molar-refractivity contribution >= 4 is 11.4 Å². The maximum absolute atomic E-state index is 12.6. The maximum atomic E-state index is 12.6. The van der Waals surface area contributed by atoms with Gasteiger partial charge in [0.1, 0.15) is 5.69 Å². The molecule has 0 saturated heterocycles. The number of nitrogens with one attached hydrogen (secondary N) is 1. The van der Waals surface area contributed by atoms with Gasteiger partial charge < -0.3 is 16.0 Å². The molecule has 3 N–H and O–H groups in total. The molecule has 0 radical (unpaired) electrons. The van der Waals surface area contributed by atoms with Crippen LogP contribution in [0.25, 0.3) is 0 Å². The van der Waals surface area contributed by atoms with Gasteiger partial charge in [0.25, 0.3) is 0 Å². The number of nitrogen functional groups attached to an aromatic ring is 1. The summed E-state index contributed by atoms with van der Waals surface area (Å²) in [6.45, 7) is 2.74. The summed E-state index contributed by atoms with van der Waals surface area (Å²) < 4.78 is 37.7. The second-order valence-corrected chi connectivity index (χ2v) is 4.79. The normalized spacial score (nSPS) is 13.6. The third kappa shape index (κ3) is 4.94. The van der Waals surface area contributed by atoms with E-state index in [0.29, 0.717) is 0 Å². The maximum Gasteiger partial charge on any atom is 0.433 e. The Hall–Kier alpha value is -1.50. The molecule has 0 bridgehead atoms. The van der Waals surface area contributed by atoms with Crippen molar-refractivity contribution in [3.8, 4) is 0 Å². The summed E-state index contributed by atoms with van der Waals surface area (Å²) in [6, 6.07) is 0.967. The predicted molar refractivity (Wildman–Crippen MR) is 69.9 cm³/mol. The summed E-state index contributed by atoms with van der Waals surface area (Å²) in [7, 11) is 3.88. The Bertz CT molecular complexity index is 418. The second kappa shape index (κ2) is 6.10. The molecule has 4 nitrogen and oxygen atoms in total. The highest BCUT2D eigenvalue weighted by molar-refractivity contribution is 5.65. The molecule has 1 unspecified atom stereocenters. The smallest absolute Gasteiger partial charge is 0.396 e. The fourth-order valence-corrected chi connectivity index (χ4v) is 1.54. The summed E-state index contributed by atoms with van der Waals surface area (Å²) in [4.78, 5) is 5.30. The first kappa shape index (κ1) is 15.6. The van der Waals surface area contributed by atoms with E-state index < -0.39 is 11.9 Å². The van der Waals surface area contributed by atoms with Gasteiger partial charge in [0, 0.05) is 6.04 Å². The molecule has 1 rings (SSSR count).